The Balaban J connectivity index is 1.84. The van der Waals surface area contributed by atoms with Crippen LogP contribution >= 0.6 is 11.3 Å². The highest BCUT2D eigenvalue weighted by atomic mass is 32.1. The number of thiophene rings is 1. The summed E-state index contributed by atoms with van der Waals surface area (Å²) in [6.07, 6.45) is 1.71. The highest BCUT2D eigenvalue weighted by Crippen LogP contribution is 2.37. The van der Waals surface area contributed by atoms with Crippen LogP contribution in [0, 0.1) is 13.8 Å². The minimum absolute atomic E-state index is 0.0791. The highest BCUT2D eigenvalue weighted by Gasteiger charge is 2.33. The molecule has 1 aliphatic heterocycles. The minimum atomic E-state index is 0.0791. The van der Waals surface area contributed by atoms with Crippen molar-refractivity contribution in [3.8, 4) is 0 Å². The fourth-order valence-electron chi connectivity index (χ4n) is 3.74. The summed E-state index contributed by atoms with van der Waals surface area (Å²) in [4.78, 5) is 26.2. The Morgan fingerprint density at radius 1 is 1.28 bits per heavy atom. The number of benzene rings is 1. The lowest BCUT2D eigenvalue weighted by Crippen LogP contribution is -2.35. The van der Waals surface area contributed by atoms with Gasteiger partial charge in [0.15, 0.2) is 0 Å². The van der Waals surface area contributed by atoms with Gasteiger partial charge in [-0.25, -0.2) is 9.97 Å². The topological polar surface area (TPSA) is 46.1 Å². The number of nitrogens with zero attached hydrogens (tertiary/aromatic N) is 3. The summed E-state index contributed by atoms with van der Waals surface area (Å²) in [5.74, 6) is 0.917. The van der Waals surface area contributed by atoms with Crippen LogP contribution in [0.3, 0.4) is 0 Å². The molecule has 4 nitrogen and oxygen atoms in total. The maximum Gasteiger partial charge on any atom is 0.268 e. The fourth-order valence-corrected chi connectivity index (χ4v) is 4.93. The number of hydrogen-bond donors (Lipinski definition) is 0. The minimum Gasteiger partial charge on any atom is -0.304 e. The Morgan fingerprint density at radius 3 is 2.80 bits per heavy atom. The summed E-state index contributed by atoms with van der Waals surface area (Å²) < 4.78 is 0. The Kier molecular flexibility index (Phi) is 3.84. The van der Waals surface area contributed by atoms with Crippen molar-refractivity contribution >= 4 is 33.1 Å². The number of carbonyl (C=O) groups excluding carboxylic acids is 1. The summed E-state index contributed by atoms with van der Waals surface area (Å²) in [5.41, 5.74) is 4.24. The van der Waals surface area contributed by atoms with E-state index in [1.807, 2.05) is 36.9 Å². The summed E-state index contributed by atoms with van der Waals surface area (Å²) in [5, 5.41) is 1.03. The summed E-state index contributed by atoms with van der Waals surface area (Å²) in [6.45, 7) is 8.18. The number of fused-ring (bicyclic) bond motifs is 2. The van der Waals surface area contributed by atoms with Crippen molar-refractivity contribution in [1.29, 1.82) is 0 Å². The summed E-state index contributed by atoms with van der Waals surface area (Å²) in [7, 11) is 0. The van der Waals surface area contributed by atoms with Crippen LogP contribution in [0.5, 0.6) is 0 Å². The molecule has 0 aliphatic carbocycles. The van der Waals surface area contributed by atoms with Crippen molar-refractivity contribution in [3.63, 3.8) is 0 Å². The second-order valence-electron chi connectivity index (χ2n) is 6.67. The van der Waals surface area contributed by atoms with Crippen molar-refractivity contribution < 1.29 is 4.79 Å². The molecule has 0 saturated heterocycles. The normalized spacial score (nSPS) is 16.5. The predicted molar refractivity (Wildman–Crippen MR) is 103 cm³/mol. The molecule has 1 atom stereocenters. The van der Waals surface area contributed by atoms with E-state index in [2.05, 4.69) is 29.9 Å². The van der Waals surface area contributed by atoms with Gasteiger partial charge in [-0.1, -0.05) is 25.1 Å². The molecule has 3 heterocycles. The molecule has 0 bridgehead atoms. The van der Waals surface area contributed by atoms with Crippen LogP contribution in [0.2, 0.25) is 0 Å². The Bertz CT molecular complexity index is 992. The molecule has 0 spiro atoms. The van der Waals surface area contributed by atoms with E-state index in [4.69, 9.17) is 0 Å². The second-order valence-corrected chi connectivity index (χ2v) is 7.67. The first-order valence-electron chi connectivity index (χ1n) is 8.69. The number of para-hydroxylation sites is 1. The maximum atomic E-state index is 13.4. The molecule has 0 fully saturated rings. The molecule has 4 rings (SSSR count). The van der Waals surface area contributed by atoms with Crippen molar-refractivity contribution in [2.24, 2.45) is 0 Å². The van der Waals surface area contributed by atoms with E-state index in [1.54, 1.807) is 0 Å². The van der Waals surface area contributed by atoms with Gasteiger partial charge >= 0.3 is 0 Å². The van der Waals surface area contributed by atoms with Crippen LogP contribution in [0.25, 0.3) is 10.2 Å². The van der Waals surface area contributed by atoms with E-state index in [0.717, 1.165) is 50.7 Å². The van der Waals surface area contributed by atoms with E-state index < -0.39 is 0 Å². The molecule has 1 aliphatic rings. The zero-order chi connectivity index (χ0) is 17.7. The molecule has 128 valence electrons. The highest BCUT2D eigenvalue weighted by molar-refractivity contribution is 7.20. The van der Waals surface area contributed by atoms with Gasteiger partial charge in [0.05, 0.1) is 4.88 Å². The van der Waals surface area contributed by atoms with Gasteiger partial charge < -0.3 is 4.90 Å². The molecule has 5 heteroatoms. The molecule has 0 radical (unpaired) electrons. The van der Waals surface area contributed by atoms with Gasteiger partial charge in [0, 0.05) is 29.2 Å². The van der Waals surface area contributed by atoms with Gasteiger partial charge in [-0.3, -0.25) is 4.79 Å². The standard InChI is InChI=1S/C20H21N3OS/c1-5-16-21-13(4)17-12(3)18(25-19(17)22-16)20(24)23-11(2)10-14-8-6-7-9-15(14)23/h6-9,11H,5,10H2,1-4H3. The zero-order valence-corrected chi connectivity index (χ0v) is 15.8. The molecule has 0 N–H and O–H groups in total. The van der Waals surface area contributed by atoms with Gasteiger partial charge in [0.25, 0.3) is 5.91 Å². The van der Waals surface area contributed by atoms with Crippen molar-refractivity contribution in [2.75, 3.05) is 4.90 Å². The average molecular weight is 351 g/mol. The van der Waals surface area contributed by atoms with Crippen LogP contribution in [0.1, 0.15) is 46.2 Å². The lowest BCUT2D eigenvalue weighted by atomic mass is 10.1. The second kappa shape index (κ2) is 5.92. The third kappa shape index (κ3) is 2.45. The smallest absolute Gasteiger partial charge is 0.268 e. The van der Waals surface area contributed by atoms with Crippen LogP contribution < -0.4 is 4.90 Å². The van der Waals surface area contributed by atoms with Crippen LogP contribution in [-0.2, 0) is 12.8 Å². The van der Waals surface area contributed by atoms with E-state index in [1.165, 1.54) is 16.9 Å². The van der Waals surface area contributed by atoms with Crippen LogP contribution in [0.15, 0.2) is 24.3 Å². The lowest BCUT2D eigenvalue weighted by Gasteiger charge is -2.22. The third-order valence-electron chi connectivity index (χ3n) is 4.95. The van der Waals surface area contributed by atoms with Gasteiger partial charge in [-0.05, 0) is 44.4 Å². The van der Waals surface area contributed by atoms with E-state index in [0.29, 0.717) is 0 Å². The van der Waals surface area contributed by atoms with E-state index in [9.17, 15) is 4.79 Å². The Labute approximate surface area is 151 Å². The fraction of sp³-hybridized carbons (Fsp3) is 0.350. The quantitative estimate of drug-likeness (QED) is 0.685. The molecule has 0 saturated carbocycles. The molecule has 2 aromatic heterocycles. The molecular formula is C20H21N3OS. The summed E-state index contributed by atoms with van der Waals surface area (Å²) in [6, 6.07) is 8.36. The molecule has 3 aromatic rings. The van der Waals surface area contributed by atoms with Gasteiger partial charge in [-0.15, -0.1) is 11.3 Å². The Morgan fingerprint density at radius 2 is 2.04 bits per heavy atom. The number of carbonyl (C=O) groups is 1. The lowest BCUT2D eigenvalue weighted by molar-refractivity contribution is 0.0985. The SMILES string of the molecule is CCc1nc(C)c2c(C)c(C(=O)N3c4ccccc4CC3C)sc2n1. The van der Waals surface area contributed by atoms with Crippen LogP contribution in [0.4, 0.5) is 5.69 Å². The van der Waals surface area contributed by atoms with Crippen molar-refractivity contribution in [2.45, 2.75) is 46.6 Å². The number of rotatable bonds is 2. The van der Waals surface area contributed by atoms with Crippen molar-refractivity contribution in [3.05, 3.63) is 51.8 Å². The molecular weight excluding hydrogens is 330 g/mol. The first-order chi connectivity index (χ1) is 12.0. The summed E-state index contributed by atoms with van der Waals surface area (Å²) >= 11 is 1.50. The Hall–Kier alpha value is -2.27. The molecule has 1 aromatic carbocycles. The van der Waals surface area contributed by atoms with Gasteiger partial charge in [0.1, 0.15) is 10.7 Å². The van der Waals surface area contributed by atoms with E-state index in [-0.39, 0.29) is 11.9 Å². The van der Waals surface area contributed by atoms with Crippen LogP contribution in [-0.4, -0.2) is 21.9 Å². The first kappa shape index (κ1) is 16.2. The number of anilines is 1. The van der Waals surface area contributed by atoms with Gasteiger partial charge in [0.2, 0.25) is 0 Å². The average Bonchev–Trinajstić information content (AvgIpc) is 3.10. The molecule has 25 heavy (non-hydrogen) atoms. The third-order valence-corrected chi connectivity index (χ3v) is 6.13. The molecule has 1 unspecified atom stereocenters. The number of amides is 1. The first-order valence-corrected chi connectivity index (χ1v) is 9.51. The number of aryl methyl sites for hydroxylation is 3. The zero-order valence-electron chi connectivity index (χ0n) is 15.0. The number of hydrogen-bond acceptors (Lipinski definition) is 4. The van der Waals surface area contributed by atoms with E-state index >= 15 is 0 Å². The predicted octanol–water partition coefficient (Wildman–Crippen LogP) is 4.46. The van der Waals surface area contributed by atoms with Gasteiger partial charge in [-0.2, -0.15) is 0 Å². The number of aromatic nitrogens is 2. The van der Waals surface area contributed by atoms with Crippen molar-refractivity contribution in [1.82, 2.24) is 9.97 Å². The largest absolute Gasteiger partial charge is 0.304 e. The molecule has 1 amide bonds. The maximum absolute atomic E-state index is 13.4. The monoisotopic (exact) mass is 351 g/mol.